The zero-order chi connectivity index (χ0) is 18.9. The van der Waals surface area contributed by atoms with E-state index in [9.17, 15) is 18.8 Å². The second kappa shape index (κ2) is 7.03. The number of piperidine rings is 1. The molecule has 3 rings (SSSR count). The molecule has 140 valence electrons. The molecule has 2 fully saturated rings. The van der Waals surface area contributed by atoms with E-state index in [1.54, 1.807) is 6.92 Å². The summed E-state index contributed by atoms with van der Waals surface area (Å²) in [6, 6.07) is 4.84. The lowest BCUT2D eigenvalue weighted by Crippen LogP contribution is -2.54. The molecule has 0 aromatic heterocycles. The van der Waals surface area contributed by atoms with E-state index in [0.717, 1.165) is 24.3 Å². The lowest BCUT2D eigenvalue weighted by Gasteiger charge is -2.31. The summed E-state index contributed by atoms with van der Waals surface area (Å²) in [7, 11) is 0. The van der Waals surface area contributed by atoms with Crippen molar-refractivity contribution in [2.75, 3.05) is 13.1 Å². The normalized spacial score (nSPS) is 28.8. The van der Waals surface area contributed by atoms with Crippen molar-refractivity contribution in [1.29, 1.82) is 0 Å². The Hall–Kier alpha value is -2.48. The van der Waals surface area contributed by atoms with Gasteiger partial charge in [-0.2, -0.15) is 0 Å². The summed E-state index contributed by atoms with van der Waals surface area (Å²) in [5, 5.41) is 8.78. The van der Waals surface area contributed by atoms with Gasteiger partial charge in [-0.15, -0.1) is 0 Å². The average Bonchev–Trinajstić information content (AvgIpc) is 2.82. The predicted molar refractivity (Wildman–Crippen MR) is 92.6 cm³/mol. The molecule has 3 atom stereocenters. The van der Waals surface area contributed by atoms with E-state index in [1.165, 1.54) is 24.3 Å². The lowest BCUT2D eigenvalue weighted by molar-refractivity contribution is -0.135. The molecule has 0 aliphatic carbocycles. The van der Waals surface area contributed by atoms with E-state index in [2.05, 4.69) is 16.0 Å². The molecule has 1 aromatic rings. The van der Waals surface area contributed by atoms with Crippen LogP contribution < -0.4 is 16.0 Å². The van der Waals surface area contributed by atoms with Crippen molar-refractivity contribution in [3.63, 3.8) is 0 Å². The molecule has 2 aliphatic heterocycles. The van der Waals surface area contributed by atoms with E-state index < -0.39 is 23.3 Å². The molecule has 2 aliphatic rings. The van der Waals surface area contributed by atoms with Gasteiger partial charge >= 0.3 is 6.03 Å². The molecule has 3 unspecified atom stereocenters. The number of halogens is 1. The van der Waals surface area contributed by atoms with Gasteiger partial charge in [-0.05, 0) is 50.9 Å². The molecule has 2 heterocycles. The van der Waals surface area contributed by atoms with Gasteiger partial charge in [0.15, 0.2) is 0 Å². The summed E-state index contributed by atoms with van der Waals surface area (Å²) in [6.45, 7) is 4.11. The summed E-state index contributed by atoms with van der Waals surface area (Å²) < 4.78 is 13.1. The summed E-state index contributed by atoms with van der Waals surface area (Å²) in [5.74, 6) is -1.34. The minimum absolute atomic E-state index is 0.0273. The Morgan fingerprint density at radius 3 is 2.69 bits per heavy atom. The van der Waals surface area contributed by atoms with Crippen molar-refractivity contribution in [3.8, 4) is 0 Å². The zero-order valence-electron chi connectivity index (χ0n) is 14.8. The molecule has 0 spiro atoms. The van der Waals surface area contributed by atoms with Crippen LogP contribution in [0.5, 0.6) is 0 Å². The summed E-state index contributed by atoms with van der Waals surface area (Å²) in [5.41, 5.74) is -0.852. The maximum absolute atomic E-state index is 13.1. The Bertz CT molecular complexity index is 724. The minimum atomic E-state index is -1.31. The molecule has 4 amide bonds. The molecule has 0 saturated carbocycles. The van der Waals surface area contributed by atoms with E-state index >= 15 is 0 Å². The van der Waals surface area contributed by atoms with Crippen molar-refractivity contribution in [3.05, 3.63) is 35.6 Å². The molecule has 3 N–H and O–H groups in total. The largest absolute Gasteiger partial charge is 0.350 e. The Kier molecular flexibility index (Phi) is 4.95. The van der Waals surface area contributed by atoms with E-state index in [1.807, 2.05) is 6.92 Å². The molecule has 0 radical (unpaired) electrons. The molecule has 7 nitrogen and oxygen atoms in total. The molecule has 0 bridgehead atoms. The van der Waals surface area contributed by atoms with Gasteiger partial charge in [0, 0.05) is 12.1 Å². The van der Waals surface area contributed by atoms with Gasteiger partial charge in [0.05, 0.1) is 0 Å². The van der Waals surface area contributed by atoms with Gasteiger partial charge in [-0.25, -0.2) is 9.18 Å². The van der Waals surface area contributed by atoms with Crippen LogP contribution in [-0.4, -0.2) is 47.9 Å². The highest BCUT2D eigenvalue weighted by Gasteiger charge is 2.49. The average molecular weight is 362 g/mol. The monoisotopic (exact) mass is 362 g/mol. The third kappa shape index (κ3) is 3.41. The van der Waals surface area contributed by atoms with Crippen LogP contribution in [0.2, 0.25) is 0 Å². The van der Waals surface area contributed by atoms with E-state index in [-0.39, 0.29) is 24.5 Å². The smallest absolute Gasteiger partial charge is 0.325 e. The topological polar surface area (TPSA) is 90.5 Å². The predicted octanol–water partition coefficient (Wildman–Crippen LogP) is 0.849. The maximum Gasteiger partial charge on any atom is 0.325 e. The molecule has 26 heavy (non-hydrogen) atoms. The van der Waals surface area contributed by atoms with Gasteiger partial charge in [0.1, 0.15) is 17.9 Å². The van der Waals surface area contributed by atoms with E-state index in [4.69, 9.17) is 0 Å². The van der Waals surface area contributed by atoms with Crippen LogP contribution >= 0.6 is 0 Å². The van der Waals surface area contributed by atoms with E-state index in [0.29, 0.717) is 5.56 Å². The zero-order valence-corrected chi connectivity index (χ0v) is 14.8. The van der Waals surface area contributed by atoms with Crippen LogP contribution in [0.1, 0.15) is 32.3 Å². The molecular weight excluding hydrogens is 339 g/mol. The van der Waals surface area contributed by atoms with Crippen LogP contribution in [0.25, 0.3) is 0 Å². The molecular formula is C18H23FN4O3. The first-order chi connectivity index (χ1) is 12.3. The van der Waals surface area contributed by atoms with Crippen molar-refractivity contribution in [2.24, 2.45) is 0 Å². The van der Waals surface area contributed by atoms with Gasteiger partial charge in [0.25, 0.3) is 5.91 Å². The van der Waals surface area contributed by atoms with Gasteiger partial charge in [-0.3, -0.25) is 14.5 Å². The minimum Gasteiger partial charge on any atom is -0.350 e. The Morgan fingerprint density at radius 1 is 1.35 bits per heavy atom. The molecule has 2 saturated heterocycles. The van der Waals surface area contributed by atoms with Crippen LogP contribution in [0.3, 0.4) is 0 Å². The number of benzene rings is 1. The number of hydrogen-bond donors (Lipinski definition) is 3. The summed E-state index contributed by atoms with van der Waals surface area (Å²) in [6.07, 6.45) is 1.81. The maximum atomic E-state index is 13.1. The SMILES string of the molecule is CC1NCCCC1NC(=O)CN1C(=O)NC(C)(c2ccc(F)cc2)C1=O. The van der Waals surface area contributed by atoms with Gasteiger partial charge < -0.3 is 16.0 Å². The highest BCUT2D eigenvalue weighted by atomic mass is 19.1. The Labute approximate surface area is 151 Å². The second-order valence-electron chi connectivity index (χ2n) is 7.01. The third-order valence-electron chi connectivity index (χ3n) is 5.11. The van der Waals surface area contributed by atoms with Crippen molar-refractivity contribution < 1.29 is 18.8 Å². The van der Waals surface area contributed by atoms with Crippen molar-refractivity contribution >= 4 is 17.8 Å². The number of urea groups is 1. The van der Waals surface area contributed by atoms with Gasteiger partial charge in [0.2, 0.25) is 5.91 Å². The first-order valence-corrected chi connectivity index (χ1v) is 8.74. The van der Waals surface area contributed by atoms with Crippen LogP contribution in [0.15, 0.2) is 24.3 Å². The lowest BCUT2D eigenvalue weighted by atomic mass is 9.92. The number of carbonyl (C=O) groups is 3. The fourth-order valence-electron chi connectivity index (χ4n) is 3.46. The second-order valence-corrected chi connectivity index (χ2v) is 7.01. The summed E-state index contributed by atoms with van der Waals surface area (Å²) in [4.78, 5) is 38.3. The van der Waals surface area contributed by atoms with Crippen LogP contribution in [-0.2, 0) is 15.1 Å². The quantitative estimate of drug-likeness (QED) is 0.693. The first kappa shape index (κ1) is 18.3. The third-order valence-corrected chi connectivity index (χ3v) is 5.11. The number of nitrogens with one attached hydrogen (secondary N) is 3. The molecule has 8 heteroatoms. The first-order valence-electron chi connectivity index (χ1n) is 8.74. The number of hydrogen-bond acceptors (Lipinski definition) is 4. The number of rotatable bonds is 4. The van der Waals surface area contributed by atoms with Crippen molar-refractivity contribution in [2.45, 2.75) is 44.3 Å². The number of nitrogens with zero attached hydrogens (tertiary/aromatic N) is 1. The number of imide groups is 1. The van der Waals surface area contributed by atoms with Crippen molar-refractivity contribution in [1.82, 2.24) is 20.9 Å². The Balaban J connectivity index is 1.68. The van der Waals surface area contributed by atoms with Gasteiger partial charge in [-0.1, -0.05) is 12.1 Å². The fourth-order valence-corrected chi connectivity index (χ4v) is 3.46. The summed E-state index contributed by atoms with van der Waals surface area (Å²) >= 11 is 0. The van der Waals surface area contributed by atoms with Crippen LogP contribution in [0, 0.1) is 5.82 Å². The highest BCUT2D eigenvalue weighted by molar-refractivity contribution is 6.09. The fraction of sp³-hybridized carbons (Fsp3) is 0.500. The Morgan fingerprint density at radius 2 is 2.04 bits per heavy atom. The highest BCUT2D eigenvalue weighted by Crippen LogP contribution is 2.28. The van der Waals surface area contributed by atoms with Crippen LogP contribution in [0.4, 0.5) is 9.18 Å². The standard InChI is InChI=1S/C18H23FN4O3/c1-11-14(4-3-9-20-11)21-15(24)10-23-16(25)18(2,22-17(23)26)12-5-7-13(19)8-6-12/h5-8,11,14,20H,3-4,9-10H2,1-2H3,(H,21,24)(H,22,26). The number of carbonyl (C=O) groups excluding carboxylic acids is 3. The number of amides is 4. The molecule has 1 aromatic carbocycles.